The van der Waals surface area contributed by atoms with E-state index in [4.69, 9.17) is 17.3 Å². The molecule has 0 aliphatic rings. The highest BCUT2D eigenvalue weighted by Gasteiger charge is 2.26. The van der Waals surface area contributed by atoms with E-state index in [1.54, 1.807) is 13.0 Å². The second-order valence-corrected chi connectivity index (χ2v) is 7.39. The van der Waals surface area contributed by atoms with Crippen molar-refractivity contribution in [1.82, 2.24) is 4.72 Å². The van der Waals surface area contributed by atoms with Crippen LogP contribution in [0.4, 0.5) is 5.69 Å². The van der Waals surface area contributed by atoms with Crippen LogP contribution in [0.25, 0.3) is 0 Å². The Balaban J connectivity index is 2.94. The Morgan fingerprint density at radius 1 is 1.53 bits per heavy atom. The lowest BCUT2D eigenvalue weighted by Gasteiger charge is -2.22. The van der Waals surface area contributed by atoms with Gasteiger partial charge in [-0.3, -0.25) is 0 Å². The first-order valence-electron chi connectivity index (χ1n) is 5.44. The van der Waals surface area contributed by atoms with E-state index < -0.39 is 15.6 Å². The van der Waals surface area contributed by atoms with Gasteiger partial charge in [-0.1, -0.05) is 17.7 Å². The predicted molar refractivity (Wildman–Crippen MR) is 80.1 cm³/mol. The molecule has 8 heteroatoms. The molecule has 108 valence electrons. The van der Waals surface area contributed by atoms with Crippen molar-refractivity contribution >= 4 is 39.1 Å². The van der Waals surface area contributed by atoms with Crippen molar-refractivity contribution < 1.29 is 13.5 Å². The maximum absolute atomic E-state index is 12.1. The molecular formula is C11H17ClN2O3S2. The van der Waals surface area contributed by atoms with Crippen LogP contribution in [0.2, 0.25) is 5.02 Å². The average molecular weight is 325 g/mol. The Morgan fingerprint density at radius 2 is 2.16 bits per heavy atom. The third-order valence-corrected chi connectivity index (χ3v) is 5.22. The summed E-state index contributed by atoms with van der Waals surface area (Å²) in [6.07, 6.45) is 1.83. The third kappa shape index (κ3) is 4.54. The van der Waals surface area contributed by atoms with Gasteiger partial charge in [0.25, 0.3) is 0 Å². The molecular weight excluding hydrogens is 308 g/mol. The van der Waals surface area contributed by atoms with Gasteiger partial charge in [-0.15, -0.1) is 0 Å². The van der Waals surface area contributed by atoms with Crippen LogP contribution in [0.1, 0.15) is 6.92 Å². The zero-order valence-corrected chi connectivity index (χ0v) is 13.1. The number of benzene rings is 1. The molecule has 0 radical (unpaired) electrons. The normalized spacial score (nSPS) is 15.2. The number of hydrogen-bond acceptors (Lipinski definition) is 5. The van der Waals surface area contributed by atoms with E-state index >= 15 is 0 Å². The maximum Gasteiger partial charge on any atom is 0.244 e. The topological polar surface area (TPSA) is 92.4 Å². The van der Waals surface area contributed by atoms with Crippen LogP contribution in [0, 0.1) is 0 Å². The van der Waals surface area contributed by atoms with Gasteiger partial charge in [-0.2, -0.15) is 11.8 Å². The lowest BCUT2D eigenvalue weighted by molar-refractivity contribution is 0.0908. The van der Waals surface area contributed by atoms with Crippen LogP contribution in [0.15, 0.2) is 23.1 Å². The summed E-state index contributed by atoms with van der Waals surface area (Å²) in [4.78, 5) is -0.156. The van der Waals surface area contributed by atoms with Crippen LogP contribution >= 0.6 is 23.4 Å². The fourth-order valence-electron chi connectivity index (χ4n) is 1.49. The summed E-state index contributed by atoms with van der Waals surface area (Å²) in [6, 6.07) is 4.48. The van der Waals surface area contributed by atoms with Crippen molar-refractivity contribution in [3.63, 3.8) is 0 Å². The van der Waals surface area contributed by atoms with Gasteiger partial charge in [0.15, 0.2) is 0 Å². The van der Waals surface area contributed by atoms with E-state index in [-0.39, 0.29) is 22.2 Å². The van der Waals surface area contributed by atoms with E-state index in [0.717, 1.165) is 0 Å². The highest BCUT2D eigenvalue weighted by atomic mass is 35.5. The molecule has 1 rings (SSSR count). The Bertz CT molecular complexity index is 527. The number of nitrogens with one attached hydrogen (secondary N) is 1. The number of sulfonamides is 1. The molecule has 0 spiro atoms. The van der Waals surface area contributed by atoms with Gasteiger partial charge in [0.2, 0.25) is 10.0 Å². The standard InChI is InChI=1S/C11H17ClN2O3S2/c1-11(15,7-18-2)6-14-19(16,17)10-8(12)4-3-5-9(10)13/h3-5,14-15H,6-7,13H2,1-2H3. The lowest BCUT2D eigenvalue weighted by atomic mass is 10.1. The SMILES string of the molecule is CSCC(C)(O)CNS(=O)(=O)c1c(N)cccc1Cl. The van der Waals surface area contributed by atoms with E-state index in [1.165, 1.54) is 23.9 Å². The van der Waals surface area contributed by atoms with Gasteiger partial charge >= 0.3 is 0 Å². The molecule has 19 heavy (non-hydrogen) atoms. The van der Waals surface area contributed by atoms with Crippen LogP contribution in [0.5, 0.6) is 0 Å². The molecule has 0 fully saturated rings. The first-order valence-corrected chi connectivity index (χ1v) is 8.70. The lowest BCUT2D eigenvalue weighted by Crippen LogP contribution is -2.42. The third-order valence-electron chi connectivity index (χ3n) is 2.36. The number of nitrogen functional groups attached to an aromatic ring is 1. The molecule has 1 atom stereocenters. The van der Waals surface area contributed by atoms with Crippen molar-refractivity contribution in [1.29, 1.82) is 0 Å². The van der Waals surface area contributed by atoms with Crippen LogP contribution in [-0.2, 0) is 10.0 Å². The first kappa shape index (κ1) is 16.6. The molecule has 1 unspecified atom stereocenters. The van der Waals surface area contributed by atoms with E-state index in [0.29, 0.717) is 5.75 Å². The minimum absolute atomic E-state index is 0.0528. The number of halogens is 1. The zero-order chi connectivity index (χ0) is 14.7. The van der Waals surface area contributed by atoms with Gasteiger partial charge in [0.05, 0.1) is 16.3 Å². The quantitative estimate of drug-likeness (QED) is 0.686. The van der Waals surface area contributed by atoms with Crippen molar-refractivity contribution in [3.05, 3.63) is 23.2 Å². The van der Waals surface area contributed by atoms with Crippen LogP contribution in [-0.4, -0.2) is 37.7 Å². The largest absolute Gasteiger partial charge is 0.398 e. The monoisotopic (exact) mass is 324 g/mol. The molecule has 1 aromatic rings. The highest BCUT2D eigenvalue weighted by Crippen LogP contribution is 2.27. The molecule has 0 aliphatic heterocycles. The van der Waals surface area contributed by atoms with Crippen molar-refractivity contribution in [2.24, 2.45) is 0 Å². The molecule has 0 aromatic heterocycles. The number of hydrogen-bond donors (Lipinski definition) is 3. The summed E-state index contributed by atoms with van der Waals surface area (Å²) in [6.45, 7) is 1.45. The first-order chi connectivity index (χ1) is 8.69. The fourth-order valence-corrected chi connectivity index (χ4v) is 4.05. The van der Waals surface area contributed by atoms with Crippen molar-refractivity contribution in [2.75, 3.05) is 24.3 Å². The molecule has 0 aliphatic carbocycles. The summed E-state index contributed by atoms with van der Waals surface area (Å²) in [7, 11) is -3.85. The minimum Gasteiger partial charge on any atom is -0.398 e. The Morgan fingerprint density at radius 3 is 2.68 bits per heavy atom. The number of anilines is 1. The second-order valence-electron chi connectivity index (χ2n) is 4.41. The Labute approximate surface area is 122 Å². The summed E-state index contributed by atoms with van der Waals surface area (Å²) in [5.74, 6) is 0.410. The molecule has 4 N–H and O–H groups in total. The number of thioether (sulfide) groups is 1. The molecule has 0 bridgehead atoms. The summed E-state index contributed by atoms with van der Waals surface area (Å²) in [5.41, 5.74) is 4.57. The second kappa shape index (κ2) is 6.32. The number of nitrogens with two attached hydrogens (primary N) is 1. The smallest absolute Gasteiger partial charge is 0.244 e. The molecule has 0 amide bonds. The van der Waals surface area contributed by atoms with E-state index in [9.17, 15) is 13.5 Å². The predicted octanol–water partition coefficient (Wildman–Crippen LogP) is 1.31. The van der Waals surface area contributed by atoms with Gasteiger partial charge in [0, 0.05) is 12.3 Å². The van der Waals surface area contributed by atoms with Gasteiger partial charge in [0.1, 0.15) is 4.90 Å². The van der Waals surface area contributed by atoms with Crippen molar-refractivity contribution in [2.45, 2.75) is 17.4 Å². The van der Waals surface area contributed by atoms with E-state index in [1.807, 2.05) is 6.26 Å². The van der Waals surface area contributed by atoms with Crippen LogP contribution < -0.4 is 10.5 Å². The number of aliphatic hydroxyl groups is 1. The fraction of sp³-hybridized carbons (Fsp3) is 0.455. The zero-order valence-electron chi connectivity index (χ0n) is 10.7. The Hall–Kier alpha value is -0.470. The summed E-state index contributed by atoms with van der Waals surface area (Å²) >= 11 is 7.29. The number of rotatable bonds is 6. The molecule has 5 nitrogen and oxygen atoms in total. The molecule has 0 heterocycles. The minimum atomic E-state index is -3.85. The van der Waals surface area contributed by atoms with Crippen LogP contribution in [0.3, 0.4) is 0 Å². The maximum atomic E-state index is 12.1. The average Bonchev–Trinajstić information content (AvgIpc) is 2.26. The molecule has 0 saturated carbocycles. The summed E-state index contributed by atoms with van der Waals surface area (Å²) in [5, 5.41) is 10.0. The van der Waals surface area contributed by atoms with E-state index in [2.05, 4.69) is 4.72 Å². The van der Waals surface area contributed by atoms with Crippen molar-refractivity contribution in [3.8, 4) is 0 Å². The van der Waals surface area contributed by atoms with Gasteiger partial charge in [-0.25, -0.2) is 13.1 Å². The van der Waals surface area contributed by atoms with Gasteiger partial charge in [-0.05, 0) is 25.3 Å². The molecule has 1 aromatic carbocycles. The van der Waals surface area contributed by atoms with Gasteiger partial charge < -0.3 is 10.8 Å². The Kier molecular flexibility index (Phi) is 5.52. The summed E-state index contributed by atoms with van der Waals surface area (Å²) < 4.78 is 26.6. The molecule has 0 saturated heterocycles. The highest BCUT2D eigenvalue weighted by molar-refractivity contribution is 7.98.